The summed E-state index contributed by atoms with van der Waals surface area (Å²) in [4.78, 5) is 9.71. The van der Waals surface area contributed by atoms with E-state index in [1.807, 2.05) is 23.5 Å². The zero-order chi connectivity index (χ0) is 45.9. The van der Waals surface area contributed by atoms with Crippen LogP contribution in [0, 0.1) is 0 Å². The Kier molecular flexibility index (Phi) is 8.98. The number of ether oxygens (including phenoxy) is 2. The second-order valence-corrected chi connectivity index (χ2v) is 20.4. The Balaban J connectivity index is 0.899. The lowest BCUT2D eigenvalue weighted by Gasteiger charge is -2.37. The van der Waals surface area contributed by atoms with Gasteiger partial charge in [0, 0.05) is 59.8 Å². The van der Waals surface area contributed by atoms with Crippen LogP contribution in [0.25, 0.3) is 21.5 Å². The van der Waals surface area contributed by atoms with E-state index in [1.165, 1.54) is 63.1 Å². The van der Waals surface area contributed by atoms with Crippen molar-refractivity contribution < 1.29 is 9.47 Å². The number of rotatable bonds is 6. The van der Waals surface area contributed by atoms with Gasteiger partial charge in [0.1, 0.15) is 23.0 Å². The van der Waals surface area contributed by atoms with E-state index in [4.69, 9.17) is 9.47 Å². The minimum atomic E-state index is -0.0213. The molecule has 0 atom stereocenters. The van der Waals surface area contributed by atoms with Crippen molar-refractivity contribution in [1.82, 2.24) is 0 Å². The van der Waals surface area contributed by atoms with Crippen molar-refractivity contribution in [3.63, 3.8) is 0 Å². The van der Waals surface area contributed by atoms with Crippen molar-refractivity contribution in [3.8, 4) is 23.0 Å². The maximum absolute atomic E-state index is 7.23. The van der Waals surface area contributed by atoms with Gasteiger partial charge < -0.3 is 19.3 Å². The molecule has 4 heterocycles. The van der Waals surface area contributed by atoms with Crippen LogP contribution in [-0.4, -0.2) is 13.4 Å². The summed E-state index contributed by atoms with van der Waals surface area (Å²) in [5, 5.41) is 4.72. The van der Waals surface area contributed by atoms with Crippen LogP contribution in [0.1, 0.15) is 0 Å². The molecule has 0 fully saturated rings. The third-order valence-electron chi connectivity index (χ3n) is 14.4. The summed E-state index contributed by atoms with van der Waals surface area (Å²) in [7, 11) is 0. The molecule has 8 heteroatoms. The Labute approximate surface area is 415 Å². The molecule has 0 bridgehead atoms. The third-order valence-corrected chi connectivity index (χ3v) is 16.9. The lowest BCUT2D eigenvalue weighted by molar-refractivity contribution is 0.465. The molecular formula is C62H38B2N2O2S2. The summed E-state index contributed by atoms with van der Waals surface area (Å²) in [5.74, 6) is 3.45. The standard InChI is InChI=1S/C62H38B2N2O2S2/c1-5-17-41(18-6-1)65(42-19-7-2-8-20-42)45-29-31-47-39(33-45)35-55-59-61(47)69-57-27-15-13-25-49(57)63(59)51-37-52-54(38-53(51)67-55)68-56-36-40-34-46(66(43-21-9-3-10-22-43)44-23-11-4-12-24-44)30-32-48(40)62-60(56)64(52)50-26-14-16-28-58(50)70-62/h1-38H. The second-order valence-electron chi connectivity index (χ2n) is 18.3. The highest BCUT2D eigenvalue weighted by Crippen LogP contribution is 2.47. The van der Waals surface area contributed by atoms with Gasteiger partial charge in [0.15, 0.2) is 0 Å². The van der Waals surface area contributed by atoms with Gasteiger partial charge in [-0.2, -0.15) is 0 Å². The van der Waals surface area contributed by atoms with Gasteiger partial charge in [0.2, 0.25) is 0 Å². The summed E-state index contributed by atoms with van der Waals surface area (Å²) < 4.78 is 14.5. The fourth-order valence-electron chi connectivity index (χ4n) is 11.4. The zero-order valence-electron chi connectivity index (χ0n) is 37.6. The summed E-state index contributed by atoms with van der Waals surface area (Å²) >= 11 is 3.73. The summed E-state index contributed by atoms with van der Waals surface area (Å²) in [6.45, 7) is -0.0426. The average molecular weight is 929 g/mol. The van der Waals surface area contributed by atoms with Crippen LogP contribution < -0.4 is 52.1 Å². The molecule has 0 saturated heterocycles. The molecule has 0 N–H and O–H groups in total. The maximum atomic E-state index is 7.23. The van der Waals surface area contributed by atoms with Crippen molar-refractivity contribution in [2.24, 2.45) is 0 Å². The van der Waals surface area contributed by atoms with Crippen LogP contribution >= 0.6 is 23.5 Å². The van der Waals surface area contributed by atoms with Crippen LogP contribution in [0.15, 0.2) is 250 Å². The van der Waals surface area contributed by atoms with Gasteiger partial charge in [0.25, 0.3) is 13.4 Å². The Morgan fingerprint density at radius 3 is 1.07 bits per heavy atom. The number of hydrogen-bond donors (Lipinski definition) is 0. The van der Waals surface area contributed by atoms with E-state index in [0.29, 0.717) is 0 Å². The minimum absolute atomic E-state index is 0.0213. The van der Waals surface area contributed by atoms with Gasteiger partial charge in [-0.3, -0.25) is 0 Å². The molecule has 0 spiro atoms. The average Bonchev–Trinajstić information content (AvgIpc) is 3.41. The van der Waals surface area contributed by atoms with Gasteiger partial charge in [-0.05, 0) is 140 Å². The predicted octanol–water partition coefficient (Wildman–Crippen LogP) is 13.1. The van der Waals surface area contributed by atoms with E-state index in [1.54, 1.807) is 0 Å². The molecule has 15 rings (SSSR count). The van der Waals surface area contributed by atoms with E-state index in [0.717, 1.165) is 67.9 Å². The molecular weight excluding hydrogens is 890 g/mol. The van der Waals surface area contributed by atoms with Crippen LogP contribution in [0.3, 0.4) is 0 Å². The van der Waals surface area contributed by atoms with Crippen LogP contribution in [0.5, 0.6) is 23.0 Å². The van der Waals surface area contributed by atoms with E-state index >= 15 is 0 Å². The SMILES string of the molecule is c1ccc(N(c2ccccc2)c2ccc3c4c5c(cc3c2)Oc2cc3c(cc2B5c2ccccc2S4)B2c4ccccc4Sc4c2c(cc2cc(N(c5ccccc5)c5ccccc5)ccc42)O3)cc1. The molecule has 11 aromatic rings. The molecule has 4 aliphatic rings. The summed E-state index contributed by atoms with van der Waals surface area (Å²) in [6.07, 6.45) is 0. The molecule has 0 amide bonds. The lowest BCUT2D eigenvalue weighted by atomic mass is 9.32. The quantitative estimate of drug-likeness (QED) is 0.154. The van der Waals surface area contributed by atoms with Crippen LogP contribution in [-0.2, 0) is 0 Å². The monoisotopic (exact) mass is 928 g/mol. The Morgan fingerprint density at radius 2 is 0.671 bits per heavy atom. The first-order valence-electron chi connectivity index (χ1n) is 23.8. The van der Waals surface area contributed by atoms with Gasteiger partial charge in [-0.1, -0.05) is 162 Å². The Hall–Kier alpha value is -8.03. The largest absolute Gasteiger partial charge is 0.458 e. The molecule has 326 valence electrons. The van der Waals surface area contributed by atoms with Crippen molar-refractivity contribution in [2.45, 2.75) is 19.6 Å². The Morgan fingerprint density at radius 1 is 0.300 bits per heavy atom. The Bertz CT molecular complexity index is 3600. The molecule has 0 unspecified atom stereocenters. The number of hydrogen-bond acceptors (Lipinski definition) is 6. The highest BCUT2D eigenvalue weighted by atomic mass is 32.2. The van der Waals surface area contributed by atoms with Gasteiger partial charge in [0.05, 0.1) is 0 Å². The molecule has 4 nitrogen and oxygen atoms in total. The smallest absolute Gasteiger partial charge is 0.253 e. The van der Waals surface area contributed by atoms with Crippen LogP contribution in [0.2, 0.25) is 0 Å². The molecule has 0 saturated carbocycles. The second kappa shape index (κ2) is 15.8. The van der Waals surface area contributed by atoms with E-state index in [-0.39, 0.29) is 13.4 Å². The van der Waals surface area contributed by atoms with Gasteiger partial charge >= 0.3 is 0 Å². The van der Waals surface area contributed by atoms with E-state index in [2.05, 4.69) is 240 Å². The third kappa shape index (κ3) is 6.16. The molecule has 4 aliphatic heterocycles. The fourth-order valence-corrected chi connectivity index (χ4v) is 14.0. The number of fused-ring (bicyclic) bond motifs is 12. The van der Waals surface area contributed by atoms with E-state index in [9.17, 15) is 0 Å². The zero-order valence-corrected chi connectivity index (χ0v) is 39.3. The summed E-state index contributed by atoms with van der Waals surface area (Å²) in [6, 6.07) is 83.3. The van der Waals surface area contributed by atoms with Gasteiger partial charge in [-0.25, -0.2) is 0 Å². The first-order valence-corrected chi connectivity index (χ1v) is 25.4. The van der Waals surface area contributed by atoms with Crippen molar-refractivity contribution in [1.29, 1.82) is 0 Å². The number of anilines is 6. The maximum Gasteiger partial charge on any atom is 0.253 e. The highest BCUT2D eigenvalue weighted by molar-refractivity contribution is 8.00. The van der Waals surface area contributed by atoms with Crippen molar-refractivity contribution in [3.05, 3.63) is 231 Å². The molecule has 0 aromatic heterocycles. The normalized spacial score (nSPS) is 13.2. The highest BCUT2D eigenvalue weighted by Gasteiger charge is 2.45. The van der Waals surface area contributed by atoms with Crippen LogP contribution in [0.4, 0.5) is 34.1 Å². The number of benzene rings is 11. The lowest BCUT2D eigenvalue weighted by Crippen LogP contribution is -2.61. The fraction of sp³-hybridized carbons (Fsp3) is 0. The predicted molar refractivity (Wildman–Crippen MR) is 294 cm³/mol. The molecule has 0 radical (unpaired) electrons. The number of nitrogens with zero attached hydrogens (tertiary/aromatic N) is 2. The summed E-state index contributed by atoms with van der Waals surface area (Å²) in [5.41, 5.74) is 14.0. The molecule has 0 aliphatic carbocycles. The molecule has 11 aromatic carbocycles. The first-order chi connectivity index (χ1) is 34.7. The minimum Gasteiger partial charge on any atom is -0.458 e. The molecule has 70 heavy (non-hydrogen) atoms. The van der Waals surface area contributed by atoms with Gasteiger partial charge in [-0.15, -0.1) is 0 Å². The van der Waals surface area contributed by atoms with Crippen molar-refractivity contribution >= 4 is 125 Å². The van der Waals surface area contributed by atoms with E-state index < -0.39 is 0 Å². The first kappa shape index (κ1) is 39.9. The van der Waals surface area contributed by atoms with Crippen molar-refractivity contribution in [2.75, 3.05) is 9.80 Å². The number of para-hydroxylation sites is 4. The topological polar surface area (TPSA) is 24.9 Å².